The quantitative estimate of drug-likeness (QED) is 0.373. The molecule has 206 valence electrons. The minimum Gasteiger partial charge on any atom is -0.496 e. The minimum absolute atomic E-state index is 0.0685. The van der Waals surface area contributed by atoms with Crippen LogP contribution in [0, 0.1) is 0 Å². The highest BCUT2D eigenvalue weighted by atomic mass is 16.5. The van der Waals surface area contributed by atoms with E-state index in [0.717, 1.165) is 10.8 Å². The molecule has 1 aromatic heterocycles. The van der Waals surface area contributed by atoms with E-state index in [1.807, 2.05) is 18.2 Å². The SMILES string of the molecule is COc1cccc2c(OCCO)cc(C(=O)N3CCC4(CC3)CC(=O)c3cc(-c5noc(=O)[nH]5)ccc3O4)cc12. The molecule has 3 aromatic carbocycles. The minimum atomic E-state index is -0.702. The lowest BCUT2D eigenvalue weighted by molar-refractivity contribution is -0.00570. The summed E-state index contributed by atoms with van der Waals surface area (Å²) < 4.78 is 22.2. The van der Waals surface area contributed by atoms with Crippen LogP contribution in [0.3, 0.4) is 0 Å². The third kappa shape index (κ3) is 4.58. The van der Waals surface area contributed by atoms with Crippen LogP contribution in [0.25, 0.3) is 22.2 Å². The number of rotatable bonds is 6. The number of carbonyl (C=O) groups excluding carboxylic acids is 2. The summed E-state index contributed by atoms with van der Waals surface area (Å²) in [5.41, 5.74) is 0.718. The van der Waals surface area contributed by atoms with Crippen LogP contribution in [0.5, 0.6) is 17.2 Å². The highest BCUT2D eigenvalue weighted by Crippen LogP contribution is 2.41. The molecule has 0 aliphatic carbocycles. The Morgan fingerprint density at radius 3 is 2.65 bits per heavy atom. The monoisotopic (exact) mass is 545 g/mol. The van der Waals surface area contributed by atoms with Crippen LogP contribution in [0.4, 0.5) is 0 Å². The van der Waals surface area contributed by atoms with Crippen LogP contribution >= 0.6 is 0 Å². The predicted octanol–water partition coefficient (Wildman–Crippen LogP) is 3.20. The molecule has 11 heteroatoms. The fourth-order valence-electron chi connectivity index (χ4n) is 5.47. The molecule has 1 fully saturated rings. The molecular formula is C29H27N3O8. The molecule has 2 aliphatic heterocycles. The average Bonchev–Trinajstić information content (AvgIpc) is 3.41. The van der Waals surface area contributed by atoms with Crippen molar-refractivity contribution in [3.63, 3.8) is 0 Å². The van der Waals surface area contributed by atoms with E-state index >= 15 is 0 Å². The summed E-state index contributed by atoms with van der Waals surface area (Å²) >= 11 is 0. The highest BCUT2D eigenvalue weighted by Gasteiger charge is 2.44. The van der Waals surface area contributed by atoms with E-state index in [-0.39, 0.29) is 37.1 Å². The van der Waals surface area contributed by atoms with E-state index in [1.54, 1.807) is 42.3 Å². The van der Waals surface area contributed by atoms with E-state index in [2.05, 4.69) is 14.7 Å². The van der Waals surface area contributed by atoms with Crippen molar-refractivity contribution < 1.29 is 33.4 Å². The molecule has 0 bridgehead atoms. The van der Waals surface area contributed by atoms with Crippen LogP contribution in [0.1, 0.15) is 40.0 Å². The summed E-state index contributed by atoms with van der Waals surface area (Å²) in [7, 11) is 1.57. The number of hydrogen-bond acceptors (Lipinski definition) is 9. The van der Waals surface area contributed by atoms with Gasteiger partial charge in [-0.15, -0.1) is 0 Å². The number of ether oxygens (including phenoxy) is 3. The van der Waals surface area contributed by atoms with Crippen LogP contribution in [-0.2, 0) is 0 Å². The molecular weight excluding hydrogens is 518 g/mol. The summed E-state index contributed by atoms with van der Waals surface area (Å²) in [5.74, 6) is 0.916. The molecule has 1 amide bonds. The number of nitrogens with one attached hydrogen (secondary N) is 1. The van der Waals surface area contributed by atoms with Gasteiger partial charge in [-0.05, 0) is 36.4 Å². The molecule has 2 aliphatic rings. The summed E-state index contributed by atoms with van der Waals surface area (Å²) in [6.45, 7) is 0.773. The third-order valence-electron chi connectivity index (χ3n) is 7.50. The first-order valence-electron chi connectivity index (χ1n) is 13.0. The molecule has 11 nitrogen and oxygen atoms in total. The Balaban J connectivity index is 1.21. The smallest absolute Gasteiger partial charge is 0.439 e. The van der Waals surface area contributed by atoms with Gasteiger partial charge < -0.3 is 24.2 Å². The van der Waals surface area contributed by atoms with Gasteiger partial charge in [-0.1, -0.05) is 17.3 Å². The molecule has 0 saturated carbocycles. The van der Waals surface area contributed by atoms with E-state index < -0.39 is 11.4 Å². The lowest BCUT2D eigenvalue weighted by Crippen LogP contribution is -2.52. The number of H-pyrrole nitrogens is 1. The summed E-state index contributed by atoms with van der Waals surface area (Å²) in [6, 6.07) is 14.1. The van der Waals surface area contributed by atoms with Crippen molar-refractivity contribution >= 4 is 22.5 Å². The van der Waals surface area contributed by atoms with Gasteiger partial charge in [0.25, 0.3) is 5.91 Å². The van der Waals surface area contributed by atoms with Gasteiger partial charge in [-0.3, -0.25) is 19.1 Å². The number of aliphatic hydroxyl groups excluding tert-OH is 1. The predicted molar refractivity (Wildman–Crippen MR) is 143 cm³/mol. The number of nitrogens with zero attached hydrogens (tertiary/aromatic N) is 2. The maximum absolute atomic E-state index is 13.6. The fraction of sp³-hybridized carbons (Fsp3) is 0.310. The topological polar surface area (TPSA) is 144 Å². The number of Topliss-reactive ketones (excluding diaryl/α,β-unsaturated/α-hetero) is 1. The van der Waals surface area contributed by atoms with Gasteiger partial charge in [-0.2, -0.15) is 0 Å². The molecule has 1 saturated heterocycles. The Morgan fingerprint density at radius 2 is 1.93 bits per heavy atom. The fourth-order valence-corrected chi connectivity index (χ4v) is 5.47. The first kappa shape index (κ1) is 25.6. The van der Waals surface area contributed by atoms with E-state index in [1.165, 1.54) is 0 Å². The van der Waals surface area contributed by atoms with Crippen molar-refractivity contribution in [3.05, 3.63) is 70.2 Å². The number of aliphatic hydroxyl groups is 1. The van der Waals surface area contributed by atoms with Crippen molar-refractivity contribution in [1.82, 2.24) is 15.0 Å². The number of likely N-dealkylation sites (tertiary alicyclic amines) is 1. The number of ketones is 1. The van der Waals surface area contributed by atoms with Crippen molar-refractivity contribution in [2.45, 2.75) is 24.9 Å². The number of aromatic nitrogens is 2. The zero-order valence-corrected chi connectivity index (χ0v) is 21.8. The molecule has 0 atom stereocenters. The highest BCUT2D eigenvalue weighted by molar-refractivity contribution is 6.03. The second-order valence-electron chi connectivity index (χ2n) is 9.93. The van der Waals surface area contributed by atoms with E-state index in [4.69, 9.17) is 14.2 Å². The second-order valence-corrected chi connectivity index (χ2v) is 9.93. The summed E-state index contributed by atoms with van der Waals surface area (Å²) in [6.07, 6.45) is 1.17. The lowest BCUT2D eigenvalue weighted by atomic mass is 9.82. The Morgan fingerprint density at radius 1 is 1.10 bits per heavy atom. The molecule has 40 heavy (non-hydrogen) atoms. The van der Waals surface area contributed by atoms with Crippen LogP contribution in [0.15, 0.2) is 57.8 Å². The number of fused-ring (bicyclic) bond motifs is 2. The number of aromatic amines is 1. The first-order valence-corrected chi connectivity index (χ1v) is 13.0. The molecule has 3 heterocycles. The third-order valence-corrected chi connectivity index (χ3v) is 7.50. The van der Waals surface area contributed by atoms with Gasteiger partial charge in [-0.25, -0.2) is 4.79 Å². The Bertz CT molecular complexity index is 1670. The van der Waals surface area contributed by atoms with Crippen molar-refractivity contribution in [2.75, 3.05) is 33.4 Å². The summed E-state index contributed by atoms with van der Waals surface area (Å²) in [5, 5.41) is 14.5. The number of benzene rings is 3. The molecule has 0 unspecified atom stereocenters. The molecule has 0 radical (unpaired) electrons. The Labute approximate surface area is 228 Å². The normalized spacial score (nSPS) is 16.1. The van der Waals surface area contributed by atoms with Crippen LogP contribution in [-0.4, -0.2) is 70.9 Å². The number of carbonyl (C=O) groups is 2. The average molecular weight is 546 g/mol. The van der Waals surface area contributed by atoms with Crippen LogP contribution in [0.2, 0.25) is 0 Å². The largest absolute Gasteiger partial charge is 0.496 e. The van der Waals surface area contributed by atoms with Gasteiger partial charge in [0.05, 0.1) is 25.7 Å². The molecule has 6 rings (SSSR count). The first-order chi connectivity index (χ1) is 19.4. The zero-order valence-electron chi connectivity index (χ0n) is 21.8. The van der Waals surface area contributed by atoms with Gasteiger partial charge in [0.15, 0.2) is 11.6 Å². The van der Waals surface area contributed by atoms with Gasteiger partial charge in [0.2, 0.25) is 0 Å². The Kier molecular flexibility index (Phi) is 6.51. The molecule has 4 aromatic rings. The Hall–Kier alpha value is -4.64. The maximum Gasteiger partial charge on any atom is 0.439 e. The van der Waals surface area contributed by atoms with Gasteiger partial charge >= 0.3 is 5.76 Å². The molecule has 2 N–H and O–H groups in total. The standard InChI is InChI=1S/C29H27N3O8/c1-37-23-4-2-3-19-20(23)14-18(15-25(19)38-12-11-33)27(35)32-9-7-29(8-10-32)16-22(34)21-13-17(5-6-24(21)39-29)26-30-28(36)40-31-26/h2-6,13-15,33H,7-12,16H2,1H3,(H,30,31,36). The number of hydrogen-bond donors (Lipinski definition) is 2. The van der Waals surface area contributed by atoms with E-state index in [0.29, 0.717) is 59.9 Å². The van der Waals surface area contributed by atoms with Gasteiger partial charge in [0.1, 0.15) is 29.5 Å². The maximum atomic E-state index is 13.6. The van der Waals surface area contributed by atoms with Crippen molar-refractivity contribution in [1.29, 1.82) is 0 Å². The number of methoxy groups -OCH3 is 1. The number of piperidine rings is 1. The van der Waals surface area contributed by atoms with E-state index in [9.17, 15) is 19.5 Å². The zero-order chi connectivity index (χ0) is 27.9. The van der Waals surface area contributed by atoms with Gasteiger partial charge in [0, 0.05) is 47.8 Å². The lowest BCUT2D eigenvalue weighted by Gasteiger charge is -2.44. The van der Waals surface area contributed by atoms with Crippen molar-refractivity contribution in [3.8, 4) is 28.6 Å². The molecule has 1 spiro atoms. The summed E-state index contributed by atoms with van der Waals surface area (Å²) in [4.78, 5) is 42.3. The van der Waals surface area contributed by atoms with Crippen molar-refractivity contribution in [2.24, 2.45) is 0 Å². The van der Waals surface area contributed by atoms with Crippen LogP contribution < -0.4 is 20.0 Å². The second kappa shape index (κ2) is 10.2. The number of amides is 1.